The number of terminal acetylenes is 1. The first-order chi connectivity index (χ1) is 13.5. The van der Waals surface area contributed by atoms with E-state index in [0.29, 0.717) is 33.0 Å². The first kappa shape index (κ1) is 23.0. The van der Waals surface area contributed by atoms with E-state index in [9.17, 15) is 15.0 Å². The van der Waals surface area contributed by atoms with Crippen molar-refractivity contribution >= 4 is 5.91 Å². The van der Waals surface area contributed by atoms with Crippen molar-refractivity contribution in [1.82, 2.24) is 5.32 Å². The van der Waals surface area contributed by atoms with Gasteiger partial charge in [-0.2, -0.15) is 0 Å². The van der Waals surface area contributed by atoms with E-state index in [1.165, 1.54) is 6.92 Å². The van der Waals surface area contributed by atoms with Crippen LogP contribution in [-0.2, 0) is 33.2 Å². The summed E-state index contributed by atoms with van der Waals surface area (Å²) in [7, 11) is 0. The summed E-state index contributed by atoms with van der Waals surface area (Å²) < 4.78 is 32.5. The number of aliphatic hydroxyl groups is 2. The molecule has 0 spiro atoms. The molecular weight excluding hydrogens is 374 g/mol. The number of hydrogen-bond acceptors (Lipinski definition) is 9. The molecule has 2 fully saturated rings. The minimum Gasteiger partial charge on any atom is -0.388 e. The van der Waals surface area contributed by atoms with Gasteiger partial charge in [-0.3, -0.25) is 4.79 Å². The van der Waals surface area contributed by atoms with Crippen LogP contribution in [0.5, 0.6) is 0 Å². The predicted molar refractivity (Wildman–Crippen MR) is 95.3 cm³/mol. The molecule has 10 nitrogen and oxygen atoms in total. The first-order valence-corrected chi connectivity index (χ1v) is 9.17. The number of fused-ring (bicyclic) bond motifs is 2. The van der Waals surface area contributed by atoms with Gasteiger partial charge in [0.1, 0.15) is 30.5 Å². The fourth-order valence-electron chi connectivity index (χ4n) is 3.01. The molecule has 160 valence electrons. The lowest BCUT2D eigenvalue weighted by Crippen LogP contribution is -2.66. The Morgan fingerprint density at radius 1 is 1.14 bits per heavy atom. The summed E-state index contributed by atoms with van der Waals surface area (Å²) in [5.41, 5.74) is -1.17. The third kappa shape index (κ3) is 6.37. The number of rotatable bonds is 13. The number of ether oxygens (including phenoxy) is 6. The fourth-order valence-corrected chi connectivity index (χ4v) is 3.01. The molecule has 5 atom stereocenters. The van der Waals surface area contributed by atoms with Gasteiger partial charge in [0.05, 0.1) is 52.9 Å². The van der Waals surface area contributed by atoms with Crippen LogP contribution < -0.4 is 5.32 Å². The number of nitrogens with one attached hydrogen (secondary N) is 1. The zero-order valence-electron chi connectivity index (χ0n) is 16.0. The first-order valence-electron chi connectivity index (χ1n) is 9.17. The van der Waals surface area contributed by atoms with Crippen molar-refractivity contribution in [1.29, 1.82) is 0 Å². The predicted octanol–water partition coefficient (Wildman–Crippen LogP) is -1.96. The van der Waals surface area contributed by atoms with Crippen LogP contribution >= 0.6 is 0 Å². The van der Waals surface area contributed by atoms with E-state index < -0.39 is 30.1 Å². The molecule has 2 bridgehead atoms. The quantitative estimate of drug-likeness (QED) is 0.237. The monoisotopic (exact) mass is 403 g/mol. The van der Waals surface area contributed by atoms with Gasteiger partial charge in [-0.05, 0) is 0 Å². The number of amides is 1. The van der Waals surface area contributed by atoms with E-state index in [2.05, 4.69) is 11.2 Å². The Balaban J connectivity index is 1.57. The van der Waals surface area contributed by atoms with E-state index >= 15 is 0 Å². The molecule has 0 aromatic rings. The summed E-state index contributed by atoms with van der Waals surface area (Å²) in [4.78, 5) is 11.2. The molecule has 2 aliphatic rings. The van der Waals surface area contributed by atoms with Gasteiger partial charge >= 0.3 is 0 Å². The Bertz CT molecular complexity index is 526. The summed E-state index contributed by atoms with van der Waals surface area (Å²) in [5, 5.41) is 23.2. The van der Waals surface area contributed by atoms with Crippen molar-refractivity contribution in [3.05, 3.63) is 0 Å². The minimum absolute atomic E-state index is 0.0287. The normalized spacial score (nSPS) is 31.5. The highest BCUT2D eigenvalue weighted by Gasteiger charge is 2.59. The SMILES string of the molecule is C#CCOCCOCCOCCOCC12COC(O1)C(NC(C)=O)C(O)C2O. The van der Waals surface area contributed by atoms with Gasteiger partial charge in [0.25, 0.3) is 0 Å². The lowest BCUT2D eigenvalue weighted by atomic mass is 9.88. The lowest BCUT2D eigenvalue weighted by Gasteiger charge is -2.42. The Morgan fingerprint density at radius 2 is 1.75 bits per heavy atom. The Kier molecular flexibility index (Phi) is 9.57. The second-order valence-corrected chi connectivity index (χ2v) is 6.56. The van der Waals surface area contributed by atoms with E-state index in [1.54, 1.807) is 0 Å². The highest BCUT2D eigenvalue weighted by Crippen LogP contribution is 2.37. The van der Waals surface area contributed by atoms with E-state index in [0.717, 1.165) is 0 Å². The standard InChI is InChI=1S/C18H29NO9/c1-3-4-23-5-6-24-7-8-25-9-10-26-11-18-12-27-17(28-18)14(19-13(2)20)15(21)16(18)22/h1,14-17,21-22H,4-12H2,2H3,(H,19,20). The molecule has 2 rings (SSSR count). The molecule has 1 amide bonds. The highest BCUT2D eigenvalue weighted by molar-refractivity contribution is 5.73. The van der Waals surface area contributed by atoms with Crippen molar-refractivity contribution in [3.8, 4) is 12.3 Å². The third-order valence-electron chi connectivity index (χ3n) is 4.38. The summed E-state index contributed by atoms with van der Waals surface area (Å²) in [6.07, 6.45) is 1.75. The molecule has 0 radical (unpaired) electrons. The maximum absolute atomic E-state index is 11.2. The van der Waals surface area contributed by atoms with Crippen molar-refractivity contribution in [2.24, 2.45) is 0 Å². The maximum atomic E-state index is 11.2. The molecule has 5 unspecified atom stereocenters. The van der Waals surface area contributed by atoms with Crippen LogP contribution in [0.25, 0.3) is 0 Å². The zero-order chi connectivity index (χ0) is 20.4. The second kappa shape index (κ2) is 11.6. The number of carbonyl (C=O) groups is 1. The summed E-state index contributed by atoms with van der Waals surface area (Å²) in [6.45, 7) is 4.01. The van der Waals surface area contributed by atoms with Gasteiger partial charge in [0.2, 0.25) is 5.91 Å². The molecule has 0 aromatic carbocycles. The van der Waals surface area contributed by atoms with Gasteiger partial charge < -0.3 is 44.0 Å². The smallest absolute Gasteiger partial charge is 0.217 e. The Labute approximate surface area is 164 Å². The van der Waals surface area contributed by atoms with Crippen molar-refractivity contribution < 1.29 is 43.4 Å². The Morgan fingerprint density at radius 3 is 2.36 bits per heavy atom. The van der Waals surface area contributed by atoms with Crippen LogP contribution in [-0.4, -0.2) is 106 Å². The van der Waals surface area contributed by atoms with Crippen LogP contribution in [0.4, 0.5) is 0 Å². The van der Waals surface area contributed by atoms with Crippen LogP contribution in [0.15, 0.2) is 0 Å². The van der Waals surface area contributed by atoms with Crippen LogP contribution in [0, 0.1) is 12.3 Å². The highest BCUT2D eigenvalue weighted by atomic mass is 16.8. The van der Waals surface area contributed by atoms with Gasteiger partial charge in [-0.1, -0.05) is 5.92 Å². The van der Waals surface area contributed by atoms with E-state index in [-0.39, 0.29) is 32.3 Å². The topological polar surface area (TPSA) is 125 Å². The van der Waals surface area contributed by atoms with Crippen LogP contribution in [0.1, 0.15) is 6.92 Å². The zero-order valence-corrected chi connectivity index (χ0v) is 16.0. The molecule has 0 aromatic heterocycles. The molecule has 28 heavy (non-hydrogen) atoms. The van der Waals surface area contributed by atoms with Crippen molar-refractivity contribution in [2.45, 2.75) is 37.1 Å². The van der Waals surface area contributed by atoms with Crippen LogP contribution in [0.2, 0.25) is 0 Å². The van der Waals surface area contributed by atoms with E-state index in [4.69, 9.17) is 34.8 Å². The third-order valence-corrected chi connectivity index (χ3v) is 4.38. The lowest BCUT2D eigenvalue weighted by molar-refractivity contribution is -0.238. The molecule has 0 saturated carbocycles. The van der Waals surface area contributed by atoms with Gasteiger partial charge in [-0.15, -0.1) is 6.42 Å². The number of carbonyl (C=O) groups excluding carboxylic acids is 1. The van der Waals surface area contributed by atoms with Gasteiger partial charge in [0.15, 0.2) is 6.29 Å². The summed E-state index contributed by atoms with van der Waals surface area (Å²) in [6, 6.07) is -0.830. The van der Waals surface area contributed by atoms with Crippen molar-refractivity contribution in [2.75, 3.05) is 59.5 Å². The summed E-state index contributed by atoms with van der Waals surface area (Å²) in [5.74, 6) is 2.02. The molecule has 2 aliphatic heterocycles. The van der Waals surface area contributed by atoms with Gasteiger partial charge in [0, 0.05) is 6.92 Å². The molecule has 10 heteroatoms. The summed E-state index contributed by atoms with van der Waals surface area (Å²) >= 11 is 0. The average molecular weight is 403 g/mol. The van der Waals surface area contributed by atoms with Crippen molar-refractivity contribution in [3.63, 3.8) is 0 Å². The second-order valence-electron chi connectivity index (χ2n) is 6.56. The Hall–Kier alpha value is -1.29. The fraction of sp³-hybridized carbons (Fsp3) is 0.833. The van der Waals surface area contributed by atoms with Gasteiger partial charge in [-0.25, -0.2) is 0 Å². The van der Waals surface area contributed by atoms with E-state index in [1.807, 2.05) is 0 Å². The average Bonchev–Trinajstić information content (AvgIpc) is 3.07. The van der Waals surface area contributed by atoms with Crippen LogP contribution in [0.3, 0.4) is 0 Å². The molecule has 0 aliphatic carbocycles. The molecule has 2 saturated heterocycles. The minimum atomic E-state index is -1.26. The molecule has 3 N–H and O–H groups in total. The maximum Gasteiger partial charge on any atom is 0.217 e. The molecular formula is C18H29NO9. The molecule has 2 heterocycles. The largest absolute Gasteiger partial charge is 0.388 e. The number of hydrogen-bond donors (Lipinski definition) is 3. The number of aliphatic hydroxyl groups excluding tert-OH is 2.